The summed E-state index contributed by atoms with van der Waals surface area (Å²) in [6, 6.07) is 12.2. The first kappa shape index (κ1) is 22.3. The maximum absolute atomic E-state index is 13.0. The number of carbonyl (C=O) groups is 1. The predicted molar refractivity (Wildman–Crippen MR) is 125 cm³/mol. The van der Waals surface area contributed by atoms with Crippen molar-refractivity contribution in [2.24, 2.45) is 20.0 Å². The summed E-state index contributed by atoms with van der Waals surface area (Å²) in [5, 5.41) is 3.26. The maximum Gasteiger partial charge on any atom is 0.332 e. The lowest BCUT2D eigenvalue weighted by atomic mass is 9.95. The molecule has 0 radical (unpaired) electrons. The Kier molecular flexibility index (Phi) is 6.79. The van der Waals surface area contributed by atoms with E-state index in [2.05, 4.69) is 34.5 Å². The monoisotopic (exact) mass is 439 g/mol. The summed E-state index contributed by atoms with van der Waals surface area (Å²) in [4.78, 5) is 41.8. The number of likely N-dealkylation sites (tertiary alicyclic amines) is 1. The van der Waals surface area contributed by atoms with Gasteiger partial charge in [-0.1, -0.05) is 30.3 Å². The molecule has 1 aromatic heterocycles. The van der Waals surface area contributed by atoms with Crippen LogP contribution in [0.15, 0.2) is 46.0 Å². The maximum atomic E-state index is 13.0. The topological polar surface area (TPSA) is 79.6 Å². The quantitative estimate of drug-likeness (QED) is 0.754. The summed E-state index contributed by atoms with van der Waals surface area (Å²) >= 11 is 0. The molecule has 0 spiro atoms. The van der Waals surface area contributed by atoms with Crippen LogP contribution in [0.4, 0.5) is 5.82 Å². The first-order valence-corrected chi connectivity index (χ1v) is 11.5. The largest absolute Gasteiger partial charge is 0.357 e. The third kappa shape index (κ3) is 4.96. The van der Waals surface area contributed by atoms with Gasteiger partial charge in [-0.2, -0.15) is 0 Å². The molecule has 1 aromatic carbocycles. The van der Waals surface area contributed by atoms with Crippen molar-refractivity contribution in [1.29, 1.82) is 0 Å². The zero-order valence-electron chi connectivity index (χ0n) is 19.0. The highest BCUT2D eigenvalue weighted by Crippen LogP contribution is 2.22. The Balaban J connectivity index is 1.32. The molecule has 2 aliphatic rings. The van der Waals surface area contributed by atoms with Gasteiger partial charge >= 0.3 is 5.69 Å². The average Bonchev–Trinajstić information content (AvgIpc) is 2.82. The van der Waals surface area contributed by atoms with Crippen LogP contribution in [0.2, 0.25) is 0 Å². The molecule has 2 fully saturated rings. The standard InChI is InChI=1S/C24H33N5O3/c1-26-21(15-22(30)27(2)24(26)32)29-12-6-9-19(17-29)23(31)25-20-10-13-28(14-11-20)16-18-7-4-3-5-8-18/h3-5,7-8,15,19-20H,6,9-14,16-17H2,1-2H3,(H,25,31). The van der Waals surface area contributed by atoms with Crippen molar-refractivity contribution in [2.45, 2.75) is 38.3 Å². The van der Waals surface area contributed by atoms with Crippen molar-refractivity contribution < 1.29 is 4.79 Å². The molecule has 2 aromatic rings. The van der Waals surface area contributed by atoms with Gasteiger partial charge < -0.3 is 10.2 Å². The number of aromatic nitrogens is 2. The Morgan fingerprint density at radius 2 is 1.72 bits per heavy atom. The summed E-state index contributed by atoms with van der Waals surface area (Å²) in [5.74, 6) is 0.542. The van der Waals surface area contributed by atoms with Gasteiger partial charge in [0.05, 0.1) is 5.92 Å². The van der Waals surface area contributed by atoms with Gasteiger partial charge in [0.1, 0.15) is 5.82 Å². The van der Waals surface area contributed by atoms with Crippen molar-refractivity contribution in [3.63, 3.8) is 0 Å². The lowest BCUT2D eigenvalue weighted by Gasteiger charge is -2.36. The van der Waals surface area contributed by atoms with Crippen molar-refractivity contribution in [1.82, 2.24) is 19.4 Å². The van der Waals surface area contributed by atoms with Crippen LogP contribution in [-0.4, -0.2) is 52.2 Å². The molecular weight excluding hydrogens is 406 g/mol. The van der Waals surface area contributed by atoms with Crippen molar-refractivity contribution in [3.05, 3.63) is 62.8 Å². The number of nitrogens with one attached hydrogen (secondary N) is 1. The molecule has 1 atom stereocenters. The average molecular weight is 440 g/mol. The highest BCUT2D eigenvalue weighted by atomic mass is 16.2. The molecule has 8 nitrogen and oxygen atoms in total. The molecule has 0 aliphatic carbocycles. The minimum absolute atomic E-state index is 0.0880. The van der Waals surface area contributed by atoms with Gasteiger partial charge in [0.2, 0.25) is 5.91 Å². The fourth-order valence-corrected chi connectivity index (χ4v) is 4.82. The second-order valence-electron chi connectivity index (χ2n) is 9.07. The molecule has 0 bridgehead atoms. The van der Waals surface area contributed by atoms with Crippen molar-refractivity contribution >= 4 is 11.7 Å². The molecule has 8 heteroatoms. The number of amides is 1. The van der Waals surface area contributed by atoms with Crippen LogP contribution < -0.4 is 21.5 Å². The van der Waals surface area contributed by atoms with Gasteiger partial charge in [0.15, 0.2) is 0 Å². The fourth-order valence-electron chi connectivity index (χ4n) is 4.82. The number of anilines is 1. The summed E-state index contributed by atoms with van der Waals surface area (Å²) < 4.78 is 2.59. The molecule has 2 aliphatic heterocycles. The smallest absolute Gasteiger partial charge is 0.332 e. The number of piperidine rings is 2. The summed E-state index contributed by atoms with van der Waals surface area (Å²) in [6.45, 7) is 4.17. The Bertz CT molecular complexity index is 1050. The molecular formula is C24H33N5O3. The van der Waals surface area contributed by atoms with E-state index >= 15 is 0 Å². The van der Waals surface area contributed by atoms with Crippen LogP contribution in [-0.2, 0) is 25.4 Å². The Labute approximate surface area is 188 Å². The molecule has 4 rings (SSSR count). The van der Waals surface area contributed by atoms with E-state index in [1.165, 1.54) is 23.2 Å². The molecule has 0 saturated carbocycles. The molecule has 2 saturated heterocycles. The minimum atomic E-state index is -0.346. The molecule has 1 amide bonds. The summed E-state index contributed by atoms with van der Waals surface area (Å²) in [7, 11) is 3.15. The highest BCUT2D eigenvalue weighted by Gasteiger charge is 2.29. The van der Waals surface area contributed by atoms with E-state index in [9.17, 15) is 14.4 Å². The Hall–Kier alpha value is -2.87. The number of hydrogen-bond acceptors (Lipinski definition) is 5. The lowest BCUT2D eigenvalue weighted by molar-refractivity contribution is -0.126. The number of hydrogen-bond donors (Lipinski definition) is 1. The third-order valence-corrected chi connectivity index (χ3v) is 6.80. The molecule has 3 heterocycles. The summed E-state index contributed by atoms with van der Waals surface area (Å²) in [5.41, 5.74) is 0.653. The number of rotatable bonds is 5. The Morgan fingerprint density at radius 3 is 2.44 bits per heavy atom. The van der Waals surface area contributed by atoms with Crippen molar-refractivity contribution in [2.75, 3.05) is 31.1 Å². The van der Waals surface area contributed by atoms with Crippen LogP contribution in [0, 0.1) is 5.92 Å². The van der Waals surface area contributed by atoms with Crippen molar-refractivity contribution in [3.8, 4) is 0 Å². The second kappa shape index (κ2) is 9.73. The van der Waals surface area contributed by atoms with E-state index in [4.69, 9.17) is 0 Å². The number of carbonyl (C=O) groups excluding carboxylic acids is 1. The Morgan fingerprint density at radius 1 is 1.00 bits per heavy atom. The number of nitrogens with zero attached hydrogens (tertiary/aromatic N) is 4. The van der Waals surface area contributed by atoms with Crippen LogP contribution >= 0.6 is 0 Å². The first-order valence-electron chi connectivity index (χ1n) is 11.5. The fraction of sp³-hybridized carbons (Fsp3) is 0.542. The highest BCUT2D eigenvalue weighted by molar-refractivity contribution is 5.79. The SMILES string of the molecule is Cn1c(N2CCCC(C(=O)NC3CCN(Cc4ccccc4)CC3)C2)cc(=O)n(C)c1=O. The van der Waals surface area contributed by atoms with E-state index in [1.807, 2.05) is 11.0 Å². The number of benzene rings is 1. The lowest BCUT2D eigenvalue weighted by Crippen LogP contribution is -2.50. The molecule has 1 N–H and O–H groups in total. The summed E-state index contributed by atoms with van der Waals surface area (Å²) in [6.07, 6.45) is 3.60. The van der Waals surface area contributed by atoms with Gasteiger partial charge in [-0.15, -0.1) is 0 Å². The van der Waals surface area contributed by atoms with Gasteiger partial charge in [0, 0.05) is 58.9 Å². The normalized spacial score (nSPS) is 20.3. The van der Waals surface area contributed by atoms with Gasteiger partial charge in [-0.05, 0) is 31.2 Å². The third-order valence-electron chi connectivity index (χ3n) is 6.80. The molecule has 1 unspecified atom stereocenters. The van der Waals surface area contributed by atoms with Gasteiger partial charge in [0.25, 0.3) is 5.56 Å². The molecule has 32 heavy (non-hydrogen) atoms. The van der Waals surface area contributed by atoms with E-state index in [0.29, 0.717) is 12.4 Å². The van der Waals surface area contributed by atoms with Crippen LogP contribution in [0.5, 0.6) is 0 Å². The zero-order chi connectivity index (χ0) is 22.7. The van der Waals surface area contributed by atoms with E-state index in [0.717, 1.165) is 56.4 Å². The second-order valence-corrected chi connectivity index (χ2v) is 9.07. The van der Waals surface area contributed by atoms with E-state index in [-0.39, 0.29) is 29.1 Å². The zero-order valence-corrected chi connectivity index (χ0v) is 19.0. The first-order chi connectivity index (χ1) is 15.4. The van der Waals surface area contributed by atoms with E-state index in [1.54, 1.807) is 7.05 Å². The molecule has 172 valence electrons. The van der Waals surface area contributed by atoms with Gasteiger partial charge in [-0.3, -0.25) is 23.6 Å². The van der Waals surface area contributed by atoms with Crippen LogP contribution in [0.3, 0.4) is 0 Å². The minimum Gasteiger partial charge on any atom is -0.357 e. The van der Waals surface area contributed by atoms with Gasteiger partial charge in [-0.25, -0.2) is 4.79 Å². The predicted octanol–water partition coefficient (Wildman–Crippen LogP) is 1.08. The van der Waals surface area contributed by atoms with Crippen LogP contribution in [0.25, 0.3) is 0 Å². The van der Waals surface area contributed by atoms with Crippen LogP contribution in [0.1, 0.15) is 31.2 Å². The van der Waals surface area contributed by atoms with E-state index < -0.39 is 0 Å².